The lowest BCUT2D eigenvalue weighted by Gasteiger charge is -2.25. The van der Waals surface area contributed by atoms with E-state index in [2.05, 4.69) is 46.7 Å². The first-order valence-electron chi connectivity index (χ1n) is 8.07. The molecule has 2 amide bonds. The number of carbonyl (C=O) groups is 1. The molecule has 2 aromatic rings. The van der Waals surface area contributed by atoms with Gasteiger partial charge in [0.05, 0.1) is 6.04 Å². The monoisotopic (exact) mass is 329 g/mol. The number of hydrogen-bond donors (Lipinski definition) is 2. The van der Waals surface area contributed by atoms with Gasteiger partial charge < -0.3 is 15.5 Å². The summed E-state index contributed by atoms with van der Waals surface area (Å²) in [5.41, 5.74) is 2.70. The molecule has 0 saturated heterocycles. The van der Waals surface area contributed by atoms with Gasteiger partial charge in [-0.3, -0.25) is 0 Å². The van der Waals surface area contributed by atoms with Crippen molar-refractivity contribution in [3.05, 3.63) is 52.2 Å². The fraction of sp³-hybridized carbons (Fsp3) is 0.389. The van der Waals surface area contributed by atoms with E-state index in [1.807, 2.05) is 24.4 Å². The Kier molecular flexibility index (Phi) is 4.86. The molecule has 0 fully saturated rings. The Labute approximate surface area is 141 Å². The Morgan fingerprint density at radius 1 is 1.35 bits per heavy atom. The van der Waals surface area contributed by atoms with Gasteiger partial charge in [0, 0.05) is 29.7 Å². The van der Waals surface area contributed by atoms with Crippen LogP contribution < -0.4 is 15.5 Å². The Balaban J connectivity index is 1.47. The van der Waals surface area contributed by atoms with Crippen LogP contribution in [0.4, 0.5) is 10.5 Å². The smallest absolute Gasteiger partial charge is 0.315 e. The number of para-hydroxylation sites is 1. The largest absolute Gasteiger partial charge is 0.367 e. The molecule has 0 saturated carbocycles. The molecular formula is C18H23N3OS. The molecule has 23 heavy (non-hydrogen) atoms. The number of rotatable bonds is 5. The first kappa shape index (κ1) is 15.9. The molecule has 2 atom stereocenters. The first-order chi connectivity index (χ1) is 11.1. The predicted octanol–water partition coefficient (Wildman–Crippen LogP) is 3.56. The molecule has 122 valence electrons. The lowest BCUT2D eigenvalue weighted by Crippen LogP contribution is -2.42. The fourth-order valence-corrected chi connectivity index (χ4v) is 3.85. The van der Waals surface area contributed by atoms with Gasteiger partial charge in [0.25, 0.3) is 0 Å². The third kappa shape index (κ3) is 3.67. The zero-order valence-corrected chi connectivity index (χ0v) is 14.4. The SMILES string of the molecule is CC(NC(=O)NCCN1c2ccccc2CC1C)c1cccs1. The minimum Gasteiger partial charge on any atom is -0.367 e. The van der Waals surface area contributed by atoms with E-state index in [-0.39, 0.29) is 12.1 Å². The number of carbonyl (C=O) groups excluding carboxylic acids is 1. The van der Waals surface area contributed by atoms with Crippen molar-refractivity contribution in [1.29, 1.82) is 0 Å². The number of amides is 2. The molecule has 1 aromatic heterocycles. The standard InChI is InChI=1S/C18H23N3OS/c1-13-12-15-6-3-4-7-16(15)21(13)10-9-19-18(22)20-14(2)17-8-5-11-23-17/h3-8,11,13-14H,9-10,12H2,1-2H3,(H2,19,20,22). The maximum absolute atomic E-state index is 12.0. The summed E-state index contributed by atoms with van der Waals surface area (Å²) in [6, 6.07) is 13.0. The number of nitrogens with zero attached hydrogens (tertiary/aromatic N) is 1. The maximum Gasteiger partial charge on any atom is 0.315 e. The van der Waals surface area contributed by atoms with Gasteiger partial charge in [-0.1, -0.05) is 24.3 Å². The fourth-order valence-electron chi connectivity index (χ4n) is 3.12. The van der Waals surface area contributed by atoms with E-state index in [4.69, 9.17) is 0 Å². The second-order valence-electron chi connectivity index (χ2n) is 6.01. The van der Waals surface area contributed by atoms with Crippen molar-refractivity contribution >= 4 is 23.1 Å². The van der Waals surface area contributed by atoms with Crippen LogP contribution in [-0.4, -0.2) is 25.2 Å². The van der Waals surface area contributed by atoms with Gasteiger partial charge in [-0.2, -0.15) is 0 Å². The van der Waals surface area contributed by atoms with Crippen LogP contribution in [0.25, 0.3) is 0 Å². The van der Waals surface area contributed by atoms with Crippen LogP contribution in [0, 0.1) is 0 Å². The number of hydrogen-bond acceptors (Lipinski definition) is 3. The van der Waals surface area contributed by atoms with Crippen LogP contribution in [0.3, 0.4) is 0 Å². The Hall–Kier alpha value is -2.01. The summed E-state index contributed by atoms with van der Waals surface area (Å²) >= 11 is 1.66. The second kappa shape index (κ2) is 7.04. The topological polar surface area (TPSA) is 44.4 Å². The van der Waals surface area contributed by atoms with Crippen LogP contribution in [-0.2, 0) is 6.42 Å². The number of anilines is 1. The molecule has 0 bridgehead atoms. The van der Waals surface area contributed by atoms with Crippen LogP contribution in [0.1, 0.15) is 30.3 Å². The molecule has 4 nitrogen and oxygen atoms in total. The number of thiophene rings is 1. The molecule has 3 rings (SSSR count). The average Bonchev–Trinajstić information content (AvgIpc) is 3.16. The van der Waals surface area contributed by atoms with Crippen molar-refractivity contribution < 1.29 is 4.79 Å². The van der Waals surface area contributed by atoms with E-state index >= 15 is 0 Å². The van der Waals surface area contributed by atoms with Crippen molar-refractivity contribution in [2.75, 3.05) is 18.0 Å². The molecule has 1 aliphatic heterocycles. The first-order valence-corrected chi connectivity index (χ1v) is 8.95. The molecule has 5 heteroatoms. The van der Waals surface area contributed by atoms with Crippen LogP contribution >= 0.6 is 11.3 Å². The molecule has 2 heterocycles. The van der Waals surface area contributed by atoms with Gasteiger partial charge in [0.1, 0.15) is 0 Å². The van der Waals surface area contributed by atoms with Gasteiger partial charge in [-0.25, -0.2) is 4.79 Å². The highest BCUT2D eigenvalue weighted by Crippen LogP contribution is 2.31. The third-order valence-electron chi connectivity index (χ3n) is 4.30. The number of urea groups is 1. The van der Waals surface area contributed by atoms with Crippen molar-refractivity contribution in [1.82, 2.24) is 10.6 Å². The molecule has 0 aliphatic carbocycles. The summed E-state index contributed by atoms with van der Waals surface area (Å²) in [5.74, 6) is 0. The predicted molar refractivity (Wildman–Crippen MR) is 96.2 cm³/mol. The van der Waals surface area contributed by atoms with Crippen LogP contribution in [0.2, 0.25) is 0 Å². The van der Waals surface area contributed by atoms with Crippen molar-refractivity contribution in [3.8, 4) is 0 Å². The van der Waals surface area contributed by atoms with Gasteiger partial charge in [-0.05, 0) is 43.3 Å². The number of nitrogens with one attached hydrogen (secondary N) is 2. The molecule has 0 radical (unpaired) electrons. The molecule has 1 aliphatic rings. The van der Waals surface area contributed by atoms with Crippen LogP contribution in [0.5, 0.6) is 0 Å². The molecule has 2 N–H and O–H groups in total. The van der Waals surface area contributed by atoms with Crippen molar-refractivity contribution in [2.24, 2.45) is 0 Å². The van der Waals surface area contributed by atoms with Crippen LogP contribution in [0.15, 0.2) is 41.8 Å². The lowest BCUT2D eigenvalue weighted by atomic mass is 10.1. The van der Waals surface area contributed by atoms with E-state index in [1.165, 1.54) is 16.1 Å². The van der Waals surface area contributed by atoms with Gasteiger partial charge >= 0.3 is 6.03 Å². The molecular weight excluding hydrogens is 306 g/mol. The number of benzene rings is 1. The maximum atomic E-state index is 12.0. The molecule has 0 spiro atoms. The summed E-state index contributed by atoms with van der Waals surface area (Å²) in [7, 11) is 0. The van der Waals surface area contributed by atoms with E-state index in [0.717, 1.165) is 13.0 Å². The number of fused-ring (bicyclic) bond motifs is 1. The van der Waals surface area contributed by atoms with Crippen molar-refractivity contribution in [2.45, 2.75) is 32.4 Å². The Bertz CT molecular complexity index is 656. The lowest BCUT2D eigenvalue weighted by molar-refractivity contribution is 0.238. The average molecular weight is 329 g/mol. The van der Waals surface area contributed by atoms with E-state index in [1.54, 1.807) is 11.3 Å². The third-order valence-corrected chi connectivity index (χ3v) is 5.36. The zero-order chi connectivity index (χ0) is 16.2. The highest BCUT2D eigenvalue weighted by molar-refractivity contribution is 7.10. The van der Waals surface area contributed by atoms with E-state index in [0.29, 0.717) is 12.6 Å². The quantitative estimate of drug-likeness (QED) is 0.881. The van der Waals surface area contributed by atoms with E-state index < -0.39 is 0 Å². The zero-order valence-electron chi connectivity index (χ0n) is 13.6. The molecule has 2 unspecified atom stereocenters. The normalized spacial score (nSPS) is 17.7. The van der Waals surface area contributed by atoms with E-state index in [9.17, 15) is 4.79 Å². The molecule has 1 aromatic carbocycles. The summed E-state index contributed by atoms with van der Waals surface area (Å²) in [5, 5.41) is 7.97. The van der Waals surface area contributed by atoms with Gasteiger partial charge in [0.2, 0.25) is 0 Å². The van der Waals surface area contributed by atoms with Gasteiger partial charge in [-0.15, -0.1) is 11.3 Å². The Morgan fingerprint density at radius 3 is 2.96 bits per heavy atom. The minimum atomic E-state index is -0.106. The summed E-state index contributed by atoms with van der Waals surface area (Å²) in [6.45, 7) is 5.71. The second-order valence-corrected chi connectivity index (χ2v) is 6.99. The highest BCUT2D eigenvalue weighted by atomic mass is 32.1. The Morgan fingerprint density at radius 2 is 2.17 bits per heavy atom. The summed E-state index contributed by atoms with van der Waals surface area (Å²) in [6.07, 6.45) is 1.08. The highest BCUT2D eigenvalue weighted by Gasteiger charge is 2.24. The summed E-state index contributed by atoms with van der Waals surface area (Å²) in [4.78, 5) is 15.6. The summed E-state index contributed by atoms with van der Waals surface area (Å²) < 4.78 is 0. The van der Waals surface area contributed by atoms with Gasteiger partial charge in [0.15, 0.2) is 0 Å². The van der Waals surface area contributed by atoms with Crippen molar-refractivity contribution in [3.63, 3.8) is 0 Å². The minimum absolute atomic E-state index is 0.0430.